The number of nitrogens with zero attached hydrogens (tertiary/aromatic N) is 2. The second-order valence-corrected chi connectivity index (χ2v) is 9.78. The minimum atomic E-state index is -0.169. The quantitative estimate of drug-likeness (QED) is 0.204. The monoisotopic (exact) mass is 448 g/mol. The van der Waals surface area contributed by atoms with Crippen molar-refractivity contribution in [2.24, 2.45) is 0 Å². The maximum Gasteiger partial charge on any atom is 0.196 e. The van der Waals surface area contributed by atoms with Crippen molar-refractivity contribution in [3.05, 3.63) is 93.2 Å². The number of benzene rings is 5. The van der Waals surface area contributed by atoms with Gasteiger partial charge in [0.1, 0.15) is 0 Å². The molecule has 0 unspecified atom stereocenters. The standard InChI is InChI=1S/C26H12N2O2S2/c29-23-13-7-1-2-8-14(13)24(30)20-19(23)21-25(31-17-11-5-3-9-15(17)27-21)26-22(20)28-16-10-4-6-12-18(16)32-26/h1-12H. The molecular formula is C26H12N2O2S2. The molecule has 4 nitrogen and oxygen atoms in total. The Hall–Kier alpha value is -3.74. The Kier molecular flexibility index (Phi) is 3.57. The number of para-hydroxylation sites is 2. The largest absolute Gasteiger partial charge is 0.288 e. The molecule has 5 aromatic carbocycles. The summed E-state index contributed by atoms with van der Waals surface area (Å²) in [5, 5.41) is 1.59. The molecule has 0 atom stereocenters. The molecule has 7 aromatic rings. The van der Waals surface area contributed by atoms with Crippen molar-refractivity contribution in [2.45, 2.75) is 0 Å². The first-order valence-electron chi connectivity index (χ1n) is 10.1. The van der Waals surface area contributed by atoms with Crippen LogP contribution in [0.2, 0.25) is 0 Å². The molecule has 0 N–H and O–H groups in total. The maximum atomic E-state index is 13.7. The summed E-state index contributed by atoms with van der Waals surface area (Å²) >= 11 is 3.18. The lowest BCUT2D eigenvalue weighted by atomic mass is 10.0. The normalized spacial score (nSPS) is 12.0. The fourth-order valence-corrected chi connectivity index (χ4v) is 6.69. The van der Waals surface area contributed by atoms with E-state index in [0.29, 0.717) is 32.6 Å². The van der Waals surface area contributed by atoms with Crippen molar-refractivity contribution in [3.63, 3.8) is 0 Å². The van der Waals surface area contributed by atoms with Crippen LogP contribution in [0.1, 0.15) is 0 Å². The number of hydrogen-bond donors (Lipinski definition) is 0. The van der Waals surface area contributed by atoms with Crippen LogP contribution < -0.4 is 10.9 Å². The van der Waals surface area contributed by atoms with Crippen molar-refractivity contribution < 1.29 is 0 Å². The first-order chi connectivity index (χ1) is 15.7. The molecule has 0 amide bonds. The van der Waals surface area contributed by atoms with Crippen LogP contribution in [0.3, 0.4) is 0 Å². The fraction of sp³-hybridized carbons (Fsp3) is 0. The third kappa shape index (κ3) is 2.30. The summed E-state index contributed by atoms with van der Waals surface area (Å²) in [5.74, 6) is 0. The van der Waals surface area contributed by atoms with Gasteiger partial charge in [-0.2, -0.15) is 0 Å². The van der Waals surface area contributed by atoms with Crippen LogP contribution in [-0.2, 0) is 0 Å². The minimum absolute atomic E-state index is 0.169. The lowest BCUT2D eigenvalue weighted by Gasteiger charge is -2.10. The highest BCUT2D eigenvalue weighted by Gasteiger charge is 2.21. The first kappa shape index (κ1) is 17.9. The number of fused-ring (bicyclic) bond motifs is 9. The van der Waals surface area contributed by atoms with Crippen LogP contribution in [0.25, 0.3) is 62.4 Å². The van der Waals surface area contributed by atoms with E-state index in [1.165, 1.54) is 0 Å². The summed E-state index contributed by atoms with van der Waals surface area (Å²) in [5.41, 5.74) is 2.44. The van der Waals surface area contributed by atoms with E-state index in [1.54, 1.807) is 46.9 Å². The Balaban J connectivity index is 1.91. The van der Waals surface area contributed by atoms with Gasteiger partial charge in [-0.1, -0.05) is 48.5 Å². The summed E-state index contributed by atoms with van der Waals surface area (Å²) in [7, 11) is 0. The number of aromatic nitrogens is 2. The Morgan fingerprint density at radius 3 is 1.41 bits per heavy atom. The third-order valence-electron chi connectivity index (χ3n) is 5.85. The molecule has 6 heteroatoms. The van der Waals surface area contributed by atoms with Gasteiger partial charge in [-0.3, -0.25) is 9.59 Å². The van der Waals surface area contributed by atoms with Gasteiger partial charge in [0.2, 0.25) is 0 Å². The molecule has 0 aliphatic rings. The van der Waals surface area contributed by atoms with E-state index >= 15 is 0 Å². The molecule has 0 bridgehead atoms. The molecule has 32 heavy (non-hydrogen) atoms. The van der Waals surface area contributed by atoms with Gasteiger partial charge in [-0.25, -0.2) is 9.97 Å². The number of hydrogen-bond acceptors (Lipinski definition) is 6. The van der Waals surface area contributed by atoms with E-state index in [9.17, 15) is 9.59 Å². The zero-order valence-corrected chi connectivity index (χ0v) is 18.1. The van der Waals surface area contributed by atoms with Crippen LogP contribution in [0.15, 0.2) is 82.4 Å². The van der Waals surface area contributed by atoms with E-state index < -0.39 is 0 Å². The van der Waals surface area contributed by atoms with Gasteiger partial charge < -0.3 is 0 Å². The molecule has 0 aliphatic heterocycles. The molecule has 150 valence electrons. The molecule has 7 rings (SSSR count). The van der Waals surface area contributed by atoms with Crippen LogP contribution in [-0.4, -0.2) is 9.97 Å². The number of rotatable bonds is 0. The van der Waals surface area contributed by atoms with E-state index in [1.807, 2.05) is 48.5 Å². The van der Waals surface area contributed by atoms with Crippen LogP contribution >= 0.6 is 22.7 Å². The Morgan fingerprint density at radius 2 is 0.938 bits per heavy atom. The SMILES string of the molecule is O=c1c2ccccc2c(=O)c2c3nc4ccccc4sc3c3sc4ccccc4nc3c12. The van der Waals surface area contributed by atoms with Gasteiger partial charge in [-0.05, 0) is 24.3 Å². The van der Waals surface area contributed by atoms with Gasteiger partial charge in [0, 0.05) is 10.8 Å². The smallest absolute Gasteiger partial charge is 0.196 e. The third-order valence-corrected chi connectivity index (χ3v) is 8.31. The molecule has 0 aliphatic carbocycles. The van der Waals surface area contributed by atoms with E-state index in [4.69, 9.17) is 9.97 Å². The van der Waals surface area contributed by atoms with Crippen molar-refractivity contribution in [3.8, 4) is 0 Å². The van der Waals surface area contributed by atoms with Gasteiger partial charge in [0.25, 0.3) is 0 Å². The summed E-state index contributed by atoms with van der Waals surface area (Å²) < 4.78 is 3.83. The Labute approximate surface area is 188 Å². The fourth-order valence-electron chi connectivity index (χ4n) is 4.40. The van der Waals surface area contributed by atoms with Gasteiger partial charge in [0.15, 0.2) is 10.9 Å². The van der Waals surface area contributed by atoms with E-state index in [0.717, 1.165) is 29.8 Å². The predicted octanol–water partition coefficient (Wildman–Crippen LogP) is 6.24. The summed E-state index contributed by atoms with van der Waals surface area (Å²) in [6.07, 6.45) is 0. The second kappa shape index (κ2) is 6.38. The maximum absolute atomic E-state index is 13.7. The van der Waals surface area contributed by atoms with Crippen molar-refractivity contribution in [2.75, 3.05) is 0 Å². The van der Waals surface area contributed by atoms with Crippen LogP contribution in [0, 0.1) is 0 Å². The predicted molar refractivity (Wildman–Crippen MR) is 135 cm³/mol. The zero-order chi connectivity index (χ0) is 21.4. The minimum Gasteiger partial charge on any atom is -0.288 e. The van der Waals surface area contributed by atoms with Crippen molar-refractivity contribution in [1.82, 2.24) is 9.97 Å². The summed E-state index contributed by atoms with van der Waals surface area (Å²) in [6, 6.07) is 22.8. The molecule has 0 saturated carbocycles. The zero-order valence-electron chi connectivity index (χ0n) is 16.5. The summed E-state index contributed by atoms with van der Waals surface area (Å²) in [6.45, 7) is 0. The molecule has 0 radical (unpaired) electrons. The van der Waals surface area contributed by atoms with Crippen LogP contribution in [0.4, 0.5) is 0 Å². The lowest BCUT2D eigenvalue weighted by molar-refractivity contribution is 1.51. The van der Waals surface area contributed by atoms with Gasteiger partial charge in [-0.15, -0.1) is 22.7 Å². The Bertz CT molecular complexity index is 1890. The molecule has 0 spiro atoms. The molecule has 2 aromatic heterocycles. The molecular weight excluding hydrogens is 436 g/mol. The molecule has 2 heterocycles. The summed E-state index contributed by atoms with van der Waals surface area (Å²) in [4.78, 5) is 37.2. The van der Waals surface area contributed by atoms with Gasteiger partial charge in [0.05, 0.1) is 51.6 Å². The van der Waals surface area contributed by atoms with E-state index in [-0.39, 0.29) is 10.9 Å². The first-order valence-corrected chi connectivity index (χ1v) is 11.7. The average Bonchev–Trinajstić information content (AvgIpc) is 2.84. The average molecular weight is 449 g/mol. The lowest BCUT2D eigenvalue weighted by Crippen LogP contribution is -2.14. The topological polar surface area (TPSA) is 59.9 Å². The highest BCUT2D eigenvalue weighted by molar-refractivity contribution is 7.32. The Morgan fingerprint density at radius 1 is 0.531 bits per heavy atom. The van der Waals surface area contributed by atoms with Crippen molar-refractivity contribution in [1.29, 1.82) is 0 Å². The van der Waals surface area contributed by atoms with Gasteiger partial charge >= 0.3 is 0 Å². The second-order valence-electron chi connectivity index (χ2n) is 7.67. The highest BCUT2D eigenvalue weighted by Crippen LogP contribution is 2.39. The van der Waals surface area contributed by atoms with Crippen LogP contribution in [0.5, 0.6) is 0 Å². The highest BCUT2D eigenvalue weighted by atomic mass is 32.1. The molecule has 0 fully saturated rings. The van der Waals surface area contributed by atoms with Crippen molar-refractivity contribution >= 4 is 85.1 Å². The molecule has 0 saturated heterocycles. The van der Waals surface area contributed by atoms with E-state index in [2.05, 4.69) is 0 Å².